The molecule has 2 aliphatic rings. The van der Waals surface area contributed by atoms with Crippen LogP contribution >= 0.6 is 11.8 Å². The molecule has 2 aliphatic heterocycles. The summed E-state index contributed by atoms with van der Waals surface area (Å²) >= 11 is 1.83. The van der Waals surface area contributed by atoms with Crippen molar-refractivity contribution in [2.24, 2.45) is 0 Å². The predicted octanol–water partition coefficient (Wildman–Crippen LogP) is 4.66. The van der Waals surface area contributed by atoms with Crippen LogP contribution in [0.2, 0.25) is 0 Å². The number of aromatic nitrogens is 2. The van der Waals surface area contributed by atoms with Gasteiger partial charge in [0.25, 0.3) is 0 Å². The fourth-order valence-corrected chi connectivity index (χ4v) is 6.06. The highest BCUT2D eigenvalue weighted by molar-refractivity contribution is 7.99. The number of rotatable bonds is 9. The Morgan fingerprint density at radius 3 is 2.95 bits per heavy atom. The van der Waals surface area contributed by atoms with E-state index in [1.54, 1.807) is 0 Å². The Morgan fingerprint density at radius 2 is 2.14 bits per heavy atom. The number of halogens is 1. The quantitative estimate of drug-likeness (QED) is 0.313. The third kappa shape index (κ3) is 5.57. The zero-order valence-corrected chi connectivity index (χ0v) is 21.9. The van der Waals surface area contributed by atoms with Gasteiger partial charge in [-0.3, -0.25) is 4.79 Å². The molecule has 37 heavy (non-hydrogen) atoms. The molecule has 3 heterocycles. The number of hydrogen-bond acceptors (Lipinski definition) is 7. The lowest BCUT2D eigenvalue weighted by molar-refractivity contribution is -0.116. The van der Waals surface area contributed by atoms with E-state index in [-0.39, 0.29) is 29.3 Å². The van der Waals surface area contributed by atoms with Gasteiger partial charge in [-0.15, -0.1) is 11.8 Å². The van der Waals surface area contributed by atoms with Gasteiger partial charge in [-0.25, -0.2) is 4.39 Å². The first-order chi connectivity index (χ1) is 18.0. The molecular formula is C28H32FN5O2S. The minimum Gasteiger partial charge on any atom is -0.462 e. The number of ether oxygens (including phenoxy) is 1. The summed E-state index contributed by atoms with van der Waals surface area (Å²) < 4.78 is 22.2. The number of hydrogen-bond donors (Lipinski definition) is 2. The molecule has 7 nitrogen and oxygen atoms in total. The minimum atomic E-state index is -0.380. The second-order valence-corrected chi connectivity index (χ2v) is 10.6. The molecular weight excluding hydrogens is 489 g/mol. The molecule has 1 fully saturated rings. The molecule has 2 N–H and O–H groups in total. The summed E-state index contributed by atoms with van der Waals surface area (Å²) in [6.45, 7) is 5.72. The summed E-state index contributed by atoms with van der Waals surface area (Å²) in [4.78, 5) is 24.1. The van der Waals surface area contributed by atoms with Crippen molar-refractivity contribution in [2.45, 2.75) is 36.6 Å². The van der Waals surface area contributed by atoms with Crippen molar-refractivity contribution in [3.63, 3.8) is 0 Å². The van der Waals surface area contributed by atoms with Crippen LogP contribution in [0.15, 0.2) is 47.9 Å². The zero-order chi connectivity index (χ0) is 25.8. The molecule has 194 valence electrons. The second-order valence-electron chi connectivity index (χ2n) is 9.42. The number of likely N-dealkylation sites (tertiary alicyclic amines) is 1. The highest BCUT2D eigenvalue weighted by atomic mass is 32.2. The summed E-state index contributed by atoms with van der Waals surface area (Å²) in [5.41, 5.74) is 2.87. The molecule has 0 aliphatic carbocycles. The Labute approximate surface area is 220 Å². The summed E-state index contributed by atoms with van der Waals surface area (Å²) in [7, 11) is 2.08. The fourth-order valence-electron chi connectivity index (χ4n) is 4.99. The van der Waals surface area contributed by atoms with Crippen LogP contribution in [0.25, 0.3) is 22.0 Å². The van der Waals surface area contributed by atoms with Crippen LogP contribution in [0.1, 0.15) is 24.8 Å². The monoisotopic (exact) mass is 521 g/mol. The van der Waals surface area contributed by atoms with Crippen molar-refractivity contribution >= 4 is 34.4 Å². The van der Waals surface area contributed by atoms with Crippen LogP contribution < -0.4 is 15.4 Å². The van der Waals surface area contributed by atoms with E-state index in [2.05, 4.69) is 45.2 Å². The Hall–Kier alpha value is -3.17. The van der Waals surface area contributed by atoms with Gasteiger partial charge in [0.2, 0.25) is 5.91 Å². The van der Waals surface area contributed by atoms with Crippen LogP contribution in [-0.4, -0.2) is 65.9 Å². The molecule has 1 saturated heterocycles. The summed E-state index contributed by atoms with van der Waals surface area (Å²) in [6, 6.07) is 10.2. The SMILES string of the molecule is C=CC(=O)NCCNc1nc(OC[C@@H]2CCCN2C)nc2c(F)c(-c3cccc4c3CCCS4)ccc12. The average Bonchev–Trinajstić information content (AvgIpc) is 3.34. The van der Waals surface area contributed by atoms with Gasteiger partial charge in [-0.2, -0.15) is 9.97 Å². The molecule has 3 aromatic rings. The third-order valence-electron chi connectivity index (χ3n) is 7.02. The first-order valence-corrected chi connectivity index (χ1v) is 13.8. The lowest BCUT2D eigenvalue weighted by atomic mass is 9.95. The van der Waals surface area contributed by atoms with Crippen molar-refractivity contribution in [3.05, 3.63) is 54.4 Å². The number of carbonyl (C=O) groups is 1. The summed E-state index contributed by atoms with van der Waals surface area (Å²) in [5.74, 6) is 0.931. The molecule has 1 amide bonds. The van der Waals surface area contributed by atoms with Crippen LogP contribution in [0, 0.1) is 5.82 Å². The maximum atomic E-state index is 16.2. The van der Waals surface area contributed by atoms with Crippen LogP contribution in [-0.2, 0) is 11.2 Å². The molecule has 1 aromatic heterocycles. The number of carbonyl (C=O) groups excluding carboxylic acids is 1. The number of nitrogens with zero attached hydrogens (tertiary/aromatic N) is 3. The van der Waals surface area contributed by atoms with Gasteiger partial charge >= 0.3 is 6.01 Å². The van der Waals surface area contributed by atoms with Gasteiger partial charge in [-0.05, 0) is 74.4 Å². The standard InChI is InChI=1S/C28H32FN5O2S/c1-3-24(35)30-13-14-31-27-22-12-11-21(19-8-4-10-23-20(19)9-6-16-37-23)25(29)26(22)32-28(33-27)36-17-18-7-5-15-34(18)2/h3-4,8,10-12,18H,1,5-7,9,13-17H2,2H3,(H,30,35)(H,31,32,33)/t18-/m0/s1. The second kappa shape index (κ2) is 11.5. The van der Waals surface area contributed by atoms with Gasteiger partial charge in [0.15, 0.2) is 5.82 Å². The highest BCUT2D eigenvalue weighted by Gasteiger charge is 2.23. The van der Waals surface area contributed by atoms with Crippen molar-refractivity contribution < 1.29 is 13.9 Å². The molecule has 0 spiro atoms. The average molecular weight is 522 g/mol. The smallest absolute Gasteiger partial charge is 0.319 e. The number of nitrogens with one attached hydrogen (secondary N) is 2. The van der Waals surface area contributed by atoms with Crippen molar-refractivity contribution in [1.29, 1.82) is 0 Å². The van der Waals surface area contributed by atoms with E-state index in [0.717, 1.165) is 43.5 Å². The lowest BCUT2D eigenvalue weighted by Crippen LogP contribution is -2.31. The molecule has 0 bridgehead atoms. The normalized spacial score (nSPS) is 17.4. The Bertz CT molecular complexity index is 1320. The maximum Gasteiger partial charge on any atom is 0.319 e. The molecule has 1 atom stereocenters. The number of anilines is 1. The minimum absolute atomic E-state index is 0.145. The highest BCUT2D eigenvalue weighted by Crippen LogP contribution is 2.39. The number of amides is 1. The van der Waals surface area contributed by atoms with Gasteiger partial charge in [0.1, 0.15) is 17.9 Å². The molecule has 0 saturated carbocycles. The first kappa shape index (κ1) is 25.5. The van der Waals surface area contributed by atoms with Crippen molar-refractivity contribution in [3.8, 4) is 17.1 Å². The Kier molecular flexibility index (Phi) is 7.90. The predicted molar refractivity (Wildman–Crippen MR) is 147 cm³/mol. The van der Waals surface area contributed by atoms with Crippen LogP contribution in [0.5, 0.6) is 6.01 Å². The zero-order valence-electron chi connectivity index (χ0n) is 21.1. The molecule has 5 rings (SSSR count). The van der Waals surface area contributed by atoms with Crippen LogP contribution in [0.4, 0.5) is 10.2 Å². The topological polar surface area (TPSA) is 79.4 Å². The van der Waals surface area contributed by atoms with Gasteiger partial charge in [0, 0.05) is 35.0 Å². The van der Waals surface area contributed by atoms with Crippen LogP contribution in [0.3, 0.4) is 0 Å². The number of thioether (sulfide) groups is 1. The van der Waals surface area contributed by atoms with Crippen molar-refractivity contribution in [1.82, 2.24) is 20.2 Å². The van der Waals surface area contributed by atoms with E-state index in [9.17, 15) is 4.79 Å². The van der Waals surface area contributed by atoms with Gasteiger partial charge in [0.05, 0.1) is 0 Å². The molecule has 2 aromatic carbocycles. The largest absolute Gasteiger partial charge is 0.462 e. The fraction of sp³-hybridized carbons (Fsp3) is 0.393. The third-order valence-corrected chi connectivity index (χ3v) is 8.20. The van der Waals surface area contributed by atoms with Gasteiger partial charge in [-0.1, -0.05) is 24.8 Å². The number of likely N-dealkylation sites (N-methyl/N-ethyl adjacent to an activating group) is 1. The molecule has 0 unspecified atom stereocenters. The Morgan fingerprint density at radius 1 is 1.24 bits per heavy atom. The van der Waals surface area contributed by atoms with E-state index < -0.39 is 0 Å². The van der Waals surface area contributed by atoms with Crippen molar-refractivity contribution in [2.75, 3.05) is 44.4 Å². The summed E-state index contributed by atoms with van der Waals surface area (Å²) in [6.07, 6.45) is 5.42. The summed E-state index contributed by atoms with van der Waals surface area (Å²) in [5, 5.41) is 6.52. The lowest BCUT2D eigenvalue weighted by Gasteiger charge is -2.20. The molecule has 9 heteroatoms. The van der Waals surface area contributed by atoms with E-state index in [1.165, 1.54) is 16.5 Å². The van der Waals surface area contributed by atoms with Gasteiger partial charge < -0.3 is 20.3 Å². The number of fused-ring (bicyclic) bond motifs is 2. The number of benzene rings is 2. The first-order valence-electron chi connectivity index (χ1n) is 12.8. The van der Waals surface area contributed by atoms with E-state index in [1.807, 2.05) is 36.0 Å². The van der Waals surface area contributed by atoms with E-state index in [0.29, 0.717) is 36.5 Å². The Balaban J connectivity index is 1.50. The maximum absolute atomic E-state index is 16.2. The van der Waals surface area contributed by atoms with E-state index >= 15 is 4.39 Å². The molecule has 0 radical (unpaired) electrons. The van der Waals surface area contributed by atoms with E-state index in [4.69, 9.17) is 4.74 Å².